The van der Waals surface area contributed by atoms with Crippen LogP contribution in [0.3, 0.4) is 0 Å². The first-order chi connectivity index (χ1) is 10.3. The number of rotatable bonds is 10. The molecule has 1 saturated heterocycles. The van der Waals surface area contributed by atoms with Gasteiger partial charge in [-0.1, -0.05) is 30.3 Å². The van der Waals surface area contributed by atoms with Gasteiger partial charge in [0.05, 0.1) is 12.7 Å². The van der Waals surface area contributed by atoms with Crippen LogP contribution >= 0.6 is 0 Å². The van der Waals surface area contributed by atoms with E-state index < -0.39 is 0 Å². The van der Waals surface area contributed by atoms with Crippen molar-refractivity contribution in [3.05, 3.63) is 35.9 Å². The fourth-order valence-electron chi connectivity index (χ4n) is 2.64. The van der Waals surface area contributed by atoms with Crippen molar-refractivity contribution in [2.45, 2.75) is 51.2 Å². The second-order valence-electron chi connectivity index (χ2n) is 5.94. The smallest absolute Gasteiger partial charge is 0.0809 e. The van der Waals surface area contributed by atoms with Crippen molar-refractivity contribution in [1.82, 2.24) is 5.32 Å². The zero-order chi connectivity index (χ0) is 14.8. The van der Waals surface area contributed by atoms with E-state index in [4.69, 9.17) is 9.47 Å². The van der Waals surface area contributed by atoms with E-state index in [1.165, 1.54) is 18.4 Å². The predicted octanol–water partition coefficient (Wildman–Crippen LogP) is 3.18. The number of nitrogens with one attached hydrogen (secondary N) is 1. The van der Waals surface area contributed by atoms with E-state index in [-0.39, 0.29) is 0 Å². The third-order valence-electron chi connectivity index (χ3n) is 3.99. The molecule has 0 saturated carbocycles. The van der Waals surface area contributed by atoms with Crippen molar-refractivity contribution in [3.8, 4) is 0 Å². The van der Waals surface area contributed by atoms with Gasteiger partial charge in [0.15, 0.2) is 0 Å². The first-order valence-electron chi connectivity index (χ1n) is 8.31. The summed E-state index contributed by atoms with van der Waals surface area (Å²) >= 11 is 0. The molecule has 2 rings (SSSR count). The molecule has 3 nitrogen and oxygen atoms in total. The molecule has 1 aliphatic rings. The van der Waals surface area contributed by atoms with Crippen molar-refractivity contribution in [2.24, 2.45) is 0 Å². The highest BCUT2D eigenvalue weighted by Crippen LogP contribution is 2.11. The minimum atomic E-state index is 0.350. The molecule has 1 aromatic carbocycles. The molecule has 1 aromatic rings. The highest BCUT2D eigenvalue weighted by Gasteiger charge is 2.14. The molecule has 3 heteroatoms. The first kappa shape index (κ1) is 16.5. The van der Waals surface area contributed by atoms with Gasteiger partial charge >= 0.3 is 0 Å². The summed E-state index contributed by atoms with van der Waals surface area (Å²) in [6.07, 6.45) is 6.10. The summed E-state index contributed by atoms with van der Waals surface area (Å²) in [5.74, 6) is 0. The SMILES string of the molecule is CC(CCc1ccccc1)NCCCOCC1CCCO1. The summed E-state index contributed by atoms with van der Waals surface area (Å²) in [6, 6.07) is 11.2. The Morgan fingerprint density at radius 1 is 1.33 bits per heavy atom. The molecule has 2 atom stereocenters. The van der Waals surface area contributed by atoms with Crippen LogP contribution in [0, 0.1) is 0 Å². The summed E-state index contributed by atoms with van der Waals surface area (Å²) in [6.45, 7) is 5.80. The third kappa shape index (κ3) is 7.07. The molecule has 0 radical (unpaired) electrons. The molecule has 1 N–H and O–H groups in total. The van der Waals surface area contributed by atoms with Crippen LogP contribution in [0.4, 0.5) is 0 Å². The predicted molar refractivity (Wildman–Crippen MR) is 86.6 cm³/mol. The van der Waals surface area contributed by atoms with E-state index in [0.717, 1.165) is 45.6 Å². The minimum absolute atomic E-state index is 0.350. The van der Waals surface area contributed by atoms with Gasteiger partial charge in [0.1, 0.15) is 0 Å². The van der Waals surface area contributed by atoms with Crippen LogP contribution in [0.5, 0.6) is 0 Å². The summed E-state index contributed by atoms with van der Waals surface area (Å²) < 4.78 is 11.2. The van der Waals surface area contributed by atoms with Crippen LogP contribution in [-0.4, -0.2) is 38.5 Å². The van der Waals surface area contributed by atoms with Crippen molar-refractivity contribution in [2.75, 3.05) is 26.4 Å². The largest absolute Gasteiger partial charge is 0.379 e. The molecule has 1 fully saturated rings. The normalized spacial score (nSPS) is 19.8. The Kier molecular flexibility index (Phi) is 7.79. The highest BCUT2D eigenvalue weighted by molar-refractivity contribution is 5.14. The van der Waals surface area contributed by atoms with Gasteiger partial charge in [0.2, 0.25) is 0 Å². The van der Waals surface area contributed by atoms with Gasteiger partial charge < -0.3 is 14.8 Å². The Labute approximate surface area is 129 Å². The standard InChI is InChI=1S/C18H29NO2/c1-16(10-11-17-7-3-2-4-8-17)19-12-6-13-20-15-18-9-5-14-21-18/h2-4,7-8,16,18-19H,5-6,9-15H2,1H3. The van der Waals surface area contributed by atoms with Gasteiger partial charge in [0.25, 0.3) is 0 Å². The molecule has 0 aromatic heterocycles. The van der Waals surface area contributed by atoms with Crippen LogP contribution < -0.4 is 5.32 Å². The number of ether oxygens (including phenoxy) is 2. The maximum absolute atomic E-state index is 5.66. The van der Waals surface area contributed by atoms with Crippen molar-refractivity contribution in [3.63, 3.8) is 0 Å². The monoisotopic (exact) mass is 291 g/mol. The molecule has 118 valence electrons. The number of benzene rings is 1. The van der Waals surface area contributed by atoms with Crippen LogP contribution in [0.15, 0.2) is 30.3 Å². The lowest BCUT2D eigenvalue weighted by Gasteiger charge is -2.14. The maximum atomic E-state index is 5.66. The molecule has 21 heavy (non-hydrogen) atoms. The molecular weight excluding hydrogens is 262 g/mol. The lowest BCUT2D eigenvalue weighted by molar-refractivity contribution is 0.0165. The highest BCUT2D eigenvalue weighted by atomic mass is 16.5. The summed E-state index contributed by atoms with van der Waals surface area (Å²) in [5.41, 5.74) is 1.42. The van der Waals surface area contributed by atoms with E-state index in [9.17, 15) is 0 Å². The Balaban J connectivity index is 1.43. The average Bonchev–Trinajstić information content (AvgIpc) is 3.03. The molecule has 2 unspecified atom stereocenters. The summed E-state index contributed by atoms with van der Waals surface area (Å²) in [5, 5.41) is 3.57. The van der Waals surface area contributed by atoms with Crippen LogP contribution in [0.1, 0.15) is 38.2 Å². The van der Waals surface area contributed by atoms with E-state index in [2.05, 4.69) is 42.6 Å². The van der Waals surface area contributed by atoms with E-state index >= 15 is 0 Å². The lowest BCUT2D eigenvalue weighted by Crippen LogP contribution is -2.28. The second kappa shape index (κ2) is 9.93. The van der Waals surface area contributed by atoms with Crippen molar-refractivity contribution in [1.29, 1.82) is 0 Å². The van der Waals surface area contributed by atoms with Crippen molar-refractivity contribution < 1.29 is 9.47 Å². The fraction of sp³-hybridized carbons (Fsp3) is 0.667. The zero-order valence-electron chi connectivity index (χ0n) is 13.2. The average molecular weight is 291 g/mol. The molecule has 0 spiro atoms. The van der Waals surface area contributed by atoms with Crippen LogP contribution in [0.25, 0.3) is 0 Å². The molecule has 0 amide bonds. The Morgan fingerprint density at radius 2 is 2.19 bits per heavy atom. The Bertz CT molecular complexity index is 363. The van der Waals surface area contributed by atoms with Gasteiger partial charge in [0, 0.05) is 19.3 Å². The first-order valence-corrected chi connectivity index (χ1v) is 8.31. The molecule has 1 aliphatic heterocycles. The van der Waals surface area contributed by atoms with Crippen LogP contribution in [-0.2, 0) is 15.9 Å². The van der Waals surface area contributed by atoms with E-state index in [0.29, 0.717) is 12.1 Å². The summed E-state index contributed by atoms with van der Waals surface area (Å²) in [4.78, 5) is 0. The topological polar surface area (TPSA) is 30.5 Å². The fourth-order valence-corrected chi connectivity index (χ4v) is 2.64. The van der Waals surface area contributed by atoms with E-state index in [1.807, 2.05) is 0 Å². The number of aryl methyl sites for hydroxylation is 1. The van der Waals surface area contributed by atoms with Crippen LogP contribution in [0.2, 0.25) is 0 Å². The van der Waals surface area contributed by atoms with Gasteiger partial charge in [-0.3, -0.25) is 0 Å². The zero-order valence-corrected chi connectivity index (χ0v) is 13.2. The second-order valence-corrected chi connectivity index (χ2v) is 5.94. The Morgan fingerprint density at radius 3 is 2.95 bits per heavy atom. The van der Waals surface area contributed by atoms with Gasteiger partial charge in [-0.25, -0.2) is 0 Å². The van der Waals surface area contributed by atoms with Crippen molar-refractivity contribution >= 4 is 0 Å². The van der Waals surface area contributed by atoms with Gasteiger partial charge in [-0.2, -0.15) is 0 Å². The van der Waals surface area contributed by atoms with Gasteiger partial charge in [-0.05, 0) is 51.1 Å². The van der Waals surface area contributed by atoms with Gasteiger partial charge in [-0.15, -0.1) is 0 Å². The van der Waals surface area contributed by atoms with E-state index in [1.54, 1.807) is 0 Å². The number of hydrogen-bond acceptors (Lipinski definition) is 3. The number of hydrogen-bond donors (Lipinski definition) is 1. The third-order valence-corrected chi connectivity index (χ3v) is 3.99. The minimum Gasteiger partial charge on any atom is -0.379 e. The maximum Gasteiger partial charge on any atom is 0.0809 e. The quantitative estimate of drug-likeness (QED) is 0.672. The molecule has 0 bridgehead atoms. The molecular formula is C18H29NO2. The lowest BCUT2D eigenvalue weighted by atomic mass is 10.1. The summed E-state index contributed by atoms with van der Waals surface area (Å²) in [7, 11) is 0. The Hall–Kier alpha value is -0.900. The molecule has 0 aliphatic carbocycles. The molecule has 1 heterocycles.